The van der Waals surface area contributed by atoms with E-state index in [1.807, 2.05) is 37.3 Å². The standard InChI is InChI=1S/C14H19ClN6/c1-9-11(7-19(3)17-9)8-21-12(5-6-15)16-13-10(2)18-20(4)14(13)21/h7H,5-6,8H2,1-4H3. The lowest BCUT2D eigenvalue weighted by Gasteiger charge is -2.08. The first-order chi connectivity index (χ1) is 10.0. The summed E-state index contributed by atoms with van der Waals surface area (Å²) in [5, 5.41) is 8.87. The molecule has 6 nitrogen and oxygen atoms in total. The molecule has 0 bridgehead atoms. The first-order valence-corrected chi connectivity index (χ1v) is 7.48. The van der Waals surface area contributed by atoms with Crippen LogP contribution in [0.1, 0.15) is 22.8 Å². The molecule has 3 rings (SSSR count). The lowest BCUT2D eigenvalue weighted by Crippen LogP contribution is -2.09. The van der Waals surface area contributed by atoms with Gasteiger partial charge in [-0.15, -0.1) is 11.6 Å². The Kier molecular flexibility index (Phi) is 3.49. The Morgan fingerprint density at radius 2 is 1.90 bits per heavy atom. The monoisotopic (exact) mass is 306 g/mol. The van der Waals surface area contributed by atoms with Crippen LogP contribution in [0.25, 0.3) is 11.2 Å². The van der Waals surface area contributed by atoms with Gasteiger partial charge in [-0.3, -0.25) is 9.36 Å². The lowest BCUT2D eigenvalue weighted by atomic mass is 10.2. The number of alkyl halides is 1. The smallest absolute Gasteiger partial charge is 0.158 e. The highest BCUT2D eigenvalue weighted by atomic mass is 35.5. The quantitative estimate of drug-likeness (QED) is 0.692. The number of aromatic nitrogens is 6. The van der Waals surface area contributed by atoms with Crippen molar-refractivity contribution in [2.45, 2.75) is 26.8 Å². The Labute approximate surface area is 128 Å². The predicted molar refractivity (Wildman–Crippen MR) is 82.7 cm³/mol. The van der Waals surface area contributed by atoms with E-state index < -0.39 is 0 Å². The van der Waals surface area contributed by atoms with Crippen LogP contribution in [-0.2, 0) is 27.1 Å². The van der Waals surface area contributed by atoms with Gasteiger partial charge in [0.1, 0.15) is 11.3 Å². The van der Waals surface area contributed by atoms with Gasteiger partial charge < -0.3 is 4.57 Å². The molecule has 0 saturated carbocycles. The second kappa shape index (κ2) is 5.18. The highest BCUT2D eigenvalue weighted by Crippen LogP contribution is 2.21. The van der Waals surface area contributed by atoms with Crippen molar-refractivity contribution in [3.63, 3.8) is 0 Å². The summed E-state index contributed by atoms with van der Waals surface area (Å²) in [6, 6.07) is 0. The van der Waals surface area contributed by atoms with Gasteiger partial charge in [0.25, 0.3) is 0 Å². The molecule has 0 amide bonds. The van der Waals surface area contributed by atoms with Crippen LogP contribution in [0.5, 0.6) is 0 Å². The minimum Gasteiger partial charge on any atom is -0.308 e. The number of fused-ring (bicyclic) bond motifs is 1. The molecule has 3 aromatic rings. The molecule has 0 atom stereocenters. The molecule has 7 heteroatoms. The Morgan fingerprint density at radius 1 is 1.14 bits per heavy atom. The van der Waals surface area contributed by atoms with Crippen LogP contribution < -0.4 is 0 Å². The summed E-state index contributed by atoms with van der Waals surface area (Å²) in [5.74, 6) is 1.56. The van der Waals surface area contributed by atoms with E-state index in [0.29, 0.717) is 5.88 Å². The van der Waals surface area contributed by atoms with Crippen LogP contribution in [0.15, 0.2) is 6.20 Å². The fourth-order valence-electron chi connectivity index (χ4n) is 2.80. The van der Waals surface area contributed by atoms with Crippen molar-refractivity contribution in [2.24, 2.45) is 14.1 Å². The zero-order valence-corrected chi connectivity index (χ0v) is 13.5. The van der Waals surface area contributed by atoms with Crippen molar-refractivity contribution >= 4 is 22.8 Å². The fourth-order valence-corrected chi connectivity index (χ4v) is 2.96. The molecule has 0 aliphatic carbocycles. The molecular weight excluding hydrogens is 288 g/mol. The summed E-state index contributed by atoms with van der Waals surface area (Å²) in [4.78, 5) is 4.72. The van der Waals surface area contributed by atoms with E-state index >= 15 is 0 Å². The van der Waals surface area contributed by atoms with Crippen molar-refractivity contribution < 1.29 is 0 Å². The Hall–Kier alpha value is -1.82. The van der Waals surface area contributed by atoms with Crippen LogP contribution in [0.2, 0.25) is 0 Å². The third-order valence-corrected chi connectivity index (χ3v) is 3.92. The average molecular weight is 307 g/mol. The largest absolute Gasteiger partial charge is 0.308 e. The van der Waals surface area contributed by atoms with Crippen molar-refractivity contribution in [1.29, 1.82) is 0 Å². The number of hydrogen-bond donors (Lipinski definition) is 0. The van der Waals surface area contributed by atoms with Gasteiger partial charge in [0.15, 0.2) is 5.65 Å². The Morgan fingerprint density at radius 3 is 2.52 bits per heavy atom. The number of imidazole rings is 1. The number of aryl methyl sites for hydroxylation is 5. The summed E-state index contributed by atoms with van der Waals surface area (Å²) in [7, 11) is 3.89. The van der Waals surface area contributed by atoms with Crippen LogP contribution >= 0.6 is 11.6 Å². The first kappa shape index (κ1) is 14.1. The highest BCUT2D eigenvalue weighted by molar-refractivity contribution is 6.17. The van der Waals surface area contributed by atoms with Gasteiger partial charge in [-0.25, -0.2) is 4.98 Å². The third-order valence-electron chi connectivity index (χ3n) is 3.73. The van der Waals surface area contributed by atoms with Crippen molar-refractivity contribution in [3.8, 4) is 0 Å². The van der Waals surface area contributed by atoms with Gasteiger partial charge in [-0.1, -0.05) is 0 Å². The Balaban J connectivity index is 2.14. The molecule has 0 spiro atoms. The zero-order valence-electron chi connectivity index (χ0n) is 12.8. The molecule has 21 heavy (non-hydrogen) atoms. The van der Waals surface area contributed by atoms with Crippen molar-refractivity contribution in [3.05, 3.63) is 29.0 Å². The van der Waals surface area contributed by atoms with Crippen LogP contribution in [0, 0.1) is 13.8 Å². The average Bonchev–Trinajstić information content (AvgIpc) is 3.00. The maximum absolute atomic E-state index is 5.93. The summed E-state index contributed by atoms with van der Waals surface area (Å²) in [6.07, 6.45) is 2.80. The lowest BCUT2D eigenvalue weighted by molar-refractivity contribution is 0.690. The normalized spacial score (nSPS) is 11.7. The molecule has 0 aromatic carbocycles. The van der Waals surface area contributed by atoms with E-state index in [0.717, 1.165) is 41.3 Å². The summed E-state index contributed by atoms with van der Waals surface area (Å²) in [5.41, 5.74) is 5.17. The van der Waals surface area contributed by atoms with E-state index in [4.69, 9.17) is 16.6 Å². The van der Waals surface area contributed by atoms with Crippen molar-refractivity contribution in [1.82, 2.24) is 29.1 Å². The minimum absolute atomic E-state index is 0.557. The van der Waals surface area contributed by atoms with E-state index in [2.05, 4.69) is 21.0 Å². The maximum atomic E-state index is 5.93. The topological polar surface area (TPSA) is 53.5 Å². The van der Waals surface area contributed by atoms with Gasteiger partial charge in [0.2, 0.25) is 0 Å². The van der Waals surface area contributed by atoms with E-state index in [1.165, 1.54) is 5.56 Å². The van der Waals surface area contributed by atoms with Crippen LogP contribution in [-0.4, -0.2) is 35.0 Å². The van der Waals surface area contributed by atoms with Crippen LogP contribution in [0.3, 0.4) is 0 Å². The van der Waals surface area contributed by atoms with Gasteiger partial charge in [0.05, 0.1) is 17.9 Å². The van der Waals surface area contributed by atoms with E-state index in [1.54, 1.807) is 0 Å². The predicted octanol–water partition coefficient (Wildman–Crippen LogP) is 1.95. The minimum atomic E-state index is 0.557. The SMILES string of the molecule is Cc1nn(C)cc1Cn1c(CCCl)nc2c(C)nn(C)c21. The van der Waals surface area contributed by atoms with Gasteiger partial charge in [0, 0.05) is 38.2 Å². The molecule has 0 N–H and O–H groups in total. The second-order valence-corrected chi connectivity index (χ2v) is 5.73. The summed E-state index contributed by atoms with van der Waals surface area (Å²) < 4.78 is 5.93. The fraction of sp³-hybridized carbons (Fsp3) is 0.500. The van der Waals surface area contributed by atoms with Crippen molar-refractivity contribution in [2.75, 3.05) is 5.88 Å². The third kappa shape index (κ3) is 2.33. The highest BCUT2D eigenvalue weighted by Gasteiger charge is 2.18. The Bertz CT molecular complexity index is 794. The van der Waals surface area contributed by atoms with Crippen LogP contribution in [0.4, 0.5) is 0 Å². The molecule has 0 aliphatic heterocycles. The molecule has 0 radical (unpaired) electrons. The van der Waals surface area contributed by atoms with E-state index in [9.17, 15) is 0 Å². The first-order valence-electron chi connectivity index (χ1n) is 6.95. The molecule has 0 fully saturated rings. The maximum Gasteiger partial charge on any atom is 0.158 e. The number of halogens is 1. The molecular formula is C14H19ClN6. The second-order valence-electron chi connectivity index (χ2n) is 5.35. The number of rotatable bonds is 4. The molecule has 0 saturated heterocycles. The summed E-state index contributed by atoms with van der Waals surface area (Å²) >= 11 is 5.93. The molecule has 0 aliphatic rings. The summed E-state index contributed by atoms with van der Waals surface area (Å²) in [6.45, 7) is 4.75. The van der Waals surface area contributed by atoms with Gasteiger partial charge in [-0.05, 0) is 13.8 Å². The van der Waals surface area contributed by atoms with Gasteiger partial charge >= 0.3 is 0 Å². The molecule has 3 heterocycles. The van der Waals surface area contributed by atoms with Gasteiger partial charge in [-0.2, -0.15) is 10.2 Å². The molecule has 3 aromatic heterocycles. The van der Waals surface area contributed by atoms with E-state index in [-0.39, 0.29) is 0 Å². The molecule has 0 unspecified atom stereocenters. The molecule has 112 valence electrons. The number of hydrogen-bond acceptors (Lipinski definition) is 3. The zero-order chi connectivity index (χ0) is 15.1. The number of nitrogens with zero attached hydrogens (tertiary/aromatic N) is 6.